The molecule has 0 saturated carbocycles. The highest BCUT2D eigenvalue weighted by atomic mass is 16.5. The summed E-state index contributed by atoms with van der Waals surface area (Å²) in [6, 6.07) is 38.5. The molecule has 14 nitrogen and oxygen atoms in total. The smallest absolute Gasteiger partial charge is 0.347 e. The molecule has 348 valence electrons. The standard InChI is InChI=1S/C53H57N5O9/c59-46-22-20-44(45-21-23-48(61)56-50(45)46)47(60)31-54-30-36-16-18-39(19-17-36)51(63)55-42-14-8-26-58(33-42)49(62)35-66-43-15-7-13-41(29-43)53(65,40-11-5-2-6-12-40)52(64)67-34-38-24-27-57(28-25-38)32-37-9-3-1-4-10-37/h1-7,9-13,15-23,29,38,42,47,54,59-60,65H,8,14,24-28,30-35H2,(H,55,63)(H,56,61). The first kappa shape index (κ1) is 46.7. The molecule has 2 aliphatic heterocycles. The third-order valence-electron chi connectivity index (χ3n) is 12.8. The number of rotatable bonds is 17. The molecule has 0 spiro atoms. The summed E-state index contributed by atoms with van der Waals surface area (Å²) < 4.78 is 11.9. The molecule has 8 rings (SSSR count). The molecule has 3 atom stereocenters. The number of hydrogen-bond acceptors (Lipinski definition) is 11. The van der Waals surface area contributed by atoms with Crippen LogP contribution in [0, 0.1) is 5.92 Å². The summed E-state index contributed by atoms with van der Waals surface area (Å²) in [5.74, 6) is -0.886. The van der Waals surface area contributed by atoms with E-state index in [0.717, 1.165) is 38.0 Å². The molecule has 2 fully saturated rings. The van der Waals surface area contributed by atoms with Crippen LogP contribution in [-0.2, 0) is 33.0 Å². The van der Waals surface area contributed by atoms with E-state index in [-0.39, 0.29) is 65.9 Å². The molecule has 0 aliphatic carbocycles. The number of aliphatic hydroxyl groups excluding tert-OH is 1. The Hall–Kier alpha value is -6.84. The Balaban J connectivity index is 0.807. The maximum Gasteiger partial charge on any atom is 0.347 e. The fourth-order valence-electron chi connectivity index (χ4n) is 8.96. The molecule has 6 N–H and O–H groups in total. The van der Waals surface area contributed by atoms with Crippen molar-refractivity contribution < 1.29 is 39.2 Å². The van der Waals surface area contributed by atoms with E-state index in [0.29, 0.717) is 60.3 Å². The number of pyridine rings is 1. The van der Waals surface area contributed by atoms with Crippen molar-refractivity contribution in [1.29, 1.82) is 0 Å². The topological polar surface area (TPSA) is 194 Å². The number of nitrogens with one attached hydrogen (secondary N) is 3. The maximum absolute atomic E-state index is 13.9. The average molecular weight is 908 g/mol. The number of aromatic amines is 1. The monoisotopic (exact) mass is 907 g/mol. The number of phenolic OH excluding ortho intramolecular Hbond substituents is 1. The summed E-state index contributed by atoms with van der Waals surface area (Å²) in [7, 11) is 0. The van der Waals surface area contributed by atoms with E-state index in [1.807, 2.05) is 36.4 Å². The van der Waals surface area contributed by atoms with Crippen LogP contribution in [0.15, 0.2) is 138 Å². The van der Waals surface area contributed by atoms with Gasteiger partial charge in [0.2, 0.25) is 11.2 Å². The van der Waals surface area contributed by atoms with Gasteiger partial charge in [-0.15, -0.1) is 0 Å². The number of phenols is 1. The third kappa shape index (κ3) is 11.6. The number of likely N-dealkylation sites (tertiary alicyclic amines) is 2. The second-order valence-electron chi connectivity index (χ2n) is 17.5. The van der Waals surface area contributed by atoms with Gasteiger partial charge in [0.25, 0.3) is 11.8 Å². The summed E-state index contributed by atoms with van der Waals surface area (Å²) >= 11 is 0. The number of benzene rings is 5. The van der Waals surface area contributed by atoms with Crippen LogP contribution in [0.2, 0.25) is 0 Å². The lowest BCUT2D eigenvalue weighted by molar-refractivity contribution is -0.164. The highest BCUT2D eigenvalue weighted by molar-refractivity contribution is 5.94. The van der Waals surface area contributed by atoms with Crippen LogP contribution in [-0.4, -0.2) is 99.9 Å². The van der Waals surface area contributed by atoms with Gasteiger partial charge in [-0.3, -0.25) is 19.3 Å². The Morgan fingerprint density at radius 2 is 1.54 bits per heavy atom. The largest absolute Gasteiger partial charge is 0.506 e. The maximum atomic E-state index is 13.9. The zero-order valence-electron chi connectivity index (χ0n) is 37.3. The van der Waals surface area contributed by atoms with E-state index in [2.05, 4.69) is 32.7 Å². The van der Waals surface area contributed by atoms with Crippen LogP contribution in [0.1, 0.15) is 70.0 Å². The van der Waals surface area contributed by atoms with Crippen LogP contribution in [0.25, 0.3) is 10.9 Å². The average Bonchev–Trinajstić information content (AvgIpc) is 3.36. The summed E-state index contributed by atoms with van der Waals surface area (Å²) in [5.41, 5.74) is 1.62. The zero-order chi connectivity index (χ0) is 46.8. The fourth-order valence-corrected chi connectivity index (χ4v) is 8.96. The van der Waals surface area contributed by atoms with E-state index in [1.54, 1.807) is 77.7 Å². The van der Waals surface area contributed by atoms with E-state index < -0.39 is 17.7 Å². The van der Waals surface area contributed by atoms with Crippen molar-refractivity contribution in [3.63, 3.8) is 0 Å². The predicted octanol–water partition coefficient (Wildman–Crippen LogP) is 5.55. The molecular formula is C53H57N5O9. The molecule has 5 aromatic carbocycles. The van der Waals surface area contributed by atoms with Crippen molar-refractivity contribution in [2.45, 2.75) is 56.5 Å². The first-order valence-electron chi connectivity index (χ1n) is 22.9. The number of H-pyrrole nitrogens is 1. The van der Waals surface area contributed by atoms with Gasteiger partial charge in [0, 0.05) is 61.3 Å². The molecule has 0 radical (unpaired) electrons. The van der Waals surface area contributed by atoms with Crippen LogP contribution in [0.4, 0.5) is 0 Å². The van der Waals surface area contributed by atoms with Crippen molar-refractivity contribution in [3.8, 4) is 11.5 Å². The fraction of sp³-hybridized carbons (Fsp3) is 0.321. The van der Waals surface area contributed by atoms with Gasteiger partial charge in [-0.05, 0) is 103 Å². The molecular weight excluding hydrogens is 851 g/mol. The lowest BCUT2D eigenvalue weighted by Crippen LogP contribution is -2.50. The number of amides is 2. The molecule has 1 aromatic heterocycles. The molecule has 0 bridgehead atoms. The lowest BCUT2D eigenvalue weighted by atomic mass is 9.86. The normalized spacial score (nSPS) is 17.0. The number of piperidine rings is 2. The Morgan fingerprint density at radius 1 is 0.806 bits per heavy atom. The lowest BCUT2D eigenvalue weighted by Gasteiger charge is -2.33. The highest BCUT2D eigenvalue weighted by Gasteiger charge is 2.42. The van der Waals surface area contributed by atoms with E-state index in [9.17, 15) is 34.5 Å². The molecule has 3 heterocycles. The minimum absolute atomic E-state index is 0.0756. The molecule has 2 aliphatic rings. The summed E-state index contributed by atoms with van der Waals surface area (Å²) in [6.45, 7) is 4.05. The van der Waals surface area contributed by atoms with Gasteiger partial charge >= 0.3 is 5.97 Å². The number of aliphatic hydroxyl groups is 2. The van der Waals surface area contributed by atoms with Crippen molar-refractivity contribution in [2.75, 3.05) is 45.9 Å². The number of esters is 1. The van der Waals surface area contributed by atoms with Crippen molar-refractivity contribution in [3.05, 3.63) is 177 Å². The van der Waals surface area contributed by atoms with Gasteiger partial charge in [0.05, 0.1) is 18.2 Å². The Bertz CT molecular complexity index is 2690. The Morgan fingerprint density at radius 3 is 2.30 bits per heavy atom. The first-order valence-corrected chi connectivity index (χ1v) is 22.9. The zero-order valence-corrected chi connectivity index (χ0v) is 37.3. The van der Waals surface area contributed by atoms with Gasteiger partial charge in [0.1, 0.15) is 11.5 Å². The minimum atomic E-state index is -2.12. The van der Waals surface area contributed by atoms with E-state index in [4.69, 9.17) is 9.47 Å². The van der Waals surface area contributed by atoms with Crippen molar-refractivity contribution >= 4 is 28.7 Å². The molecule has 2 saturated heterocycles. The van der Waals surface area contributed by atoms with Gasteiger partial charge in [-0.25, -0.2) is 4.79 Å². The van der Waals surface area contributed by atoms with E-state index in [1.165, 1.54) is 17.7 Å². The van der Waals surface area contributed by atoms with Crippen LogP contribution in [0.5, 0.6) is 11.5 Å². The molecule has 3 unspecified atom stereocenters. The van der Waals surface area contributed by atoms with E-state index >= 15 is 0 Å². The second kappa shape index (κ2) is 21.6. The van der Waals surface area contributed by atoms with Crippen LogP contribution >= 0.6 is 0 Å². The number of nitrogens with zero attached hydrogens (tertiary/aromatic N) is 2. The first-order chi connectivity index (χ1) is 32.5. The number of aromatic hydroxyl groups is 1. The minimum Gasteiger partial charge on any atom is -0.506 e. The van der Waals surface area contributed by atoms with Gasteiger partial charge in [-0.2, -0.15) is 0 Å². The summed E-state index contributed by atoms with van der Waals surface area (Å²) in [6.07, 6.45) is 2.25. The number of ether oxygens (including phenoxy) is 2. The molecule has 6 aromatic rings. The highest BCUT2D eigenvalue weighted by Crippen LogP contribution is 2.34. The summed E-state index contributed by atoms with van der Waals surface area (Å²) in [4.78, 5) is 59.1. The number of fused-ring (bicyclic) bond motifs is 1. The predicted molar refractivity (Wildman–Crippen MR) is 253 cm³/mol. The number of carbonyl (C=O) groups is 3. The molecule has 14 heteroatoms. The number of hydrogen-bond donors (Lipinski definition) is 6. The SMILES string of the molecule is O=C(NC1CCCN(C(=O)COc2cccc(C(O)(C(=O)OCC3CCN(Cc4ccccc4)CC3)c3ccccc3)c2)C1)c1ccc(CNCC(O)c2ccc(O)c3[nH]c(=O)ccc23)cc1. The van der Waals surface area contributed by atoms with Crippen LogP contribution in [0.3, 0.4) is 0 Å². The Kier molecular flexibility index (Phi) is 15.1. The van der Waals surface area contributed by atoms with Gasteiger partial charge in [0.15, 0.2) is 6.61 Å². The van der Waals surface area contributed by atoms with Crippen molar-refractivity contribution in [1.82, 2.24) is 25.4 Å². The molecule has 67 heavy (non-hydrogen) atoms. The Labute approximate surface area is 389 Å². The second-order valence-corrected chi connectivity index (χ2v) is 17.5. The van der Waals surface area contributed by atoms with Crippen molar-refractivity contribution in [2.24, 2.45) is 5.92 Å². The number of aromatic nitrogens is 1. The summed E-state index contributed by atoms with van der Waals surface area (Å²) in [5, 5.41) is 40.1. The van der Waals surface area contributed by atoms with Gasteiger partial charge < -0.3 is 45.3 Å². The number of carbonyl (C=O) groups excluding carboxylic acids is 3. The quantitative estimate of drug-likeness (QED) is 0.0629. The molecule has 2 amide bonds. The van der Waals surface area contributed by atoms with Crippen LogP contribution < -0.4 is 20.9 Å². The van der Waals surface area contributed by atoms with Gasteiger partial charge in [-0.1, -0.05) is 91.0 Å². The third-order valence-corrected chi connectivity index (χ3v) is 12.8.